The molecule has 2 aliphatic rings. The van der Waals surface area contributed by atoms with Crippen molar-refractivity contribution in [2.24, 2.45) is 5.92 Å². The summed E-state index contributed by atoms with van der Waals surface area (Å²) >= 11 is 3.35. The van der Waals surface area contributed by atoms with Crippen molar-refractivity contribution in [1.82, 2.24) is 16.0 Å². The highest BCUT2D eigenvalue weighted by molar-refractivity contribution is 9.10. The Balaban J connectivity index is 1.37. The van der Waals surface area contributed by atoms with Gasteiger partial charge < -0.3 is 16.0 Å². The van der Waals surface area contributed by atoms with Crippen LogP contribution >= 0.6 is 15.9 Å². The van der Waals surface area contributed by atoms with E-state index in [0.717, 1.165) is 10.9 Å². The minimum atomic E-state index is -0.129. The summed E-state index contributed by atoms with van der Waals surface area (Å²) in [5, 5.41) is 9.22. The first-order chi connectivity index (χ1) is 11.6. The lowest BCUT2D eigenvalue weighted by Gasteiger charge is -2.24. The van der Waals surface area contributed by atoms with Gasteiger partial charge in [0.05, 0.1) is 6.04 Å². The molecule has 1 saturated heterocycles. The second kappa shape index (κ2) is 8.12. The molecule has 130 valence electrons. The molecule has 2 amide bonds. The average Bonchev–Trinajstić information content (AvgIpc) is 3.02. The Morgan fingerprint density at radius 2 is 1.96 bits per heavy atom. The first kappa shape index (κ1) is 17.4. The van der Waals surface area contributed by atoms with E-state index < -0.39 is 0 Å². The molecule has 0 aromatic heterocycles. The van der Waals surface area contributed by atoms with E-state index in [4.69, 9.17) is 0 Å². The first-order valence-electron chi connectivity index (χ1n) is 8.71. The number of benzene rings is 1. The molecule has 1 aromatic carbocycles. The van der Waals surface area contributed by atoms with Crippen molar-refractivity contribution >= 4 is 27.7 Å². The van der Waals surface area contributed by atoms with E-state index in [0.29, 0.717) is 30.6 Å². The fourth-order valence-corrected chi connectivity index (χ4v) is 4.14. The van der Waals surface area contributed by atoms with Gasteiger partial charge in [0.2, 0.25) is 5.91 Å². The molecule has 5 nitrogen and oxygen atoms in total. The van der Waals surface area contributed by atoms with Crippen LogP contribution < -0.4 is 16.0 Å². The molecule has 0 bridgehead atoms. The third kappa shape index (κ3) is 4.36. The smallest absolute Gasteiger partial charge is 0.251 e. The third-order valence-electron chi connectivity index (χ3n) is 4.98. The van der Waals surface area contributed by atoms with Crippen LogP contribution in [0.3, 0.4) is 0 Å². The molecule has 3 N–H and O–H groups in total. The van der Waals surface area contributed by atoms with Crippen molar-refractivity contribution in [3.8, 4) is 0 Å². The van der Waals surface area contributed by atoms with E-state index >= 15 is 0 Å². The van der Waals surface area contributed by atoms with Gasteiger partial charge in [0.1, 0.15) is 0 Å². The van der Waals surface area contributed by atoms with Gasteiger partial charge in [-0.15, -0.1) is 0 Å². The van der Waals surface area contributed by atoms with Crippen LogP contribution in [0.25, 0.3) is 0 Å². The van der Waals surface area contributed by atoms with Crippen LogP contribution in [-0.2, 0) is 4.79 Å². The zero-order chi connectivity index (χ0) is 16.9. The summed E-state index contributed by atoms with van der Waals surface area (Å²) in [6.45, 7) is 0.878. The van der Waals surface area contributed by atoms with Gasteiger partial charge in [-0.1, -0.05) is 34.8 Å². The van der Waals surface area contributed by atoms with Crippen molar-refractivity contribution < 1.29 is 9.59 Å². The summed E-state index contributed by atoms with van der Waals surface area (Å²) in [6.07, 6.45) is 5.94. The summed E-state index contributed by atoms with van der Waals surface area (Å²) in [5.74, 6) is 0.586. The van der Waals surface area contributed by atoms with E-state index in [1.54, 1.807) is 12.1 Å². The van der Waals surface area contributed by atoms with Crippen molar-refractivity contribution in [1.29, 1.82) is 0 Å². The Labute approximate surface area is 151 Å². The normalized spacial score (nSPS) is 25.8. The minimum absolute atomic E-state index is 0.0566. The van der Waals surface area contributed by atoms with E-state index in [1.165, 1.54) is 25.7 Å². The lowest BCUT2D eigenvalue weighted by Crippen LogP contribution is -2.45. The highest BCUT2D eigenvalue weighted by atomic mass is 79.9. The Bertz CT molecular complexity index is 594. The molecule has 1 aliphatic carbocycles. The lowest BCUT2D eigenvalue weighted by molar-refractivity contribution is -0.122. The Kier molecular flexibility index (Phi) is 5.89. The zero-order valence-corrected chi connectivity index (χ0v) is 15.3. The molecule has 1 aromatic rings. The maximum Gasteiger partial charge on any atom is 0.251 e. The van der Waals surface area contributed by atoms with Crippen LogP contribution in [0, 0.1) is 5.92 Å². The van der Waals surface area contributed by atoms with Gasteiger partial charge in [-0.25, -0.2) is 0 Å². The van der Waals surface area contributed by atoms with Crippen LogP contribution in [0.5, 0.6) is 0 Å². The number of halogens is 1. The van der Waals surface area contributed by atoms with Gasteiger partial charge in [-0.3, -0.25) is 9.59 Å². The topological polar surface area (TPSA) is 70.2 Å². The highest BCUT2D eigenvalue weighted by Gasteiger charge is 2.37. The van der Waals surface area contributed by atoms with Crippen LogP contribution in [0.4, 0.5) is 0 Å². The van der Waals surface area contributed by atoms with Crippen LogP contribution in [0.1, 0.15) is 42.5 Å². The molecule has 2 fully saturated rings. The summed E-state index contributed by atoms with van der Waals surface area (Å²) in [6, 6.07) is 7.69. The van der Waals surface area contributed by atoms with Gasteiger partial charge in [-0.05, 0) is 43.4 Å². The maximum atomic E-state index is 12.3. The Hall–Kier alpha value is -1.40. The molecular formula is C18H24BrN3O2. The number of hydrogen-bond donors (Lipinski definition) is 3. The molecule has 0 spiro atoms. The summed E-state index contributed by atoms with van der Waals surface area (Å²) < 4.78 is 0.872. The first-order valence-corrected chi connectivity index (χ1v) is 9.50. The van der Waals surface area contributed by atoms with Gasteiger partial charge in [-0.2, -0.15) is 0 Å². The van der Waals surface area contributed by atoms with Crippen molar-refractivity contribution in [2.45, 2.75) is 44.2 Å². The number of rotatable bonds is 5. The number of amides is 2. The van der Waals surface area contributed by atoms with Crippen molar-refractivity contribution in [3.05, 3.63) is 34.3 Å². The highest BCUT2D eigenvalue weighted by Crippen LogP contribution is 2.33. The van der Waals surface area contributed by atoms with Gasteiger partial charge in [0, 0.05) is 29.2 Å². The van der Waals surface area contributed by atoms with Crippen molar-refractivity contribution in [3.63, 3.8) is 0 Å². The molecule has 1 heterocycles. The second-order valence-electron chi connectivity index (χ2n) is 6.66. The van der Waals surface area contributed by atoms with E-state index in [9.17, 15) is 9.59 Å². The number of carbonyl (C=O) groups is 2. The third-order valence-corrected chi connectivity index (χ3v) is 5.47. The lowest BCUT2D eigenvalue weighted by atomic mass is 9.85. The zero-order valence-electron chi connectivity index (χ0n) is 13.7. The molecule has 3 atom stereocenters. The van der Waals surface area contributed by atoms with Crippen LogP contribution in [-0.4, -0.2) is 37.0 Å². The number of nitrogens with one attached hydrogen (secondary N) is 3. The maximum absolute atomic E-state index is 12.3. The van der Waals surface area contributed by atoms with Crippen LogP contribution in [0.15, 0.2) is 28.7 Å². The Morgan fingerprint density at radius 1 is 1.17 bits per heavy atom. The van der Waals surface area contributed by atoms with E-state index in [2.05, 4.69) is 31.9 Å². The molecule has 3 unspecified atom stereocenters. The molecular weight excluding hydrogens is 370 g/mol. The largest absolute Gasteiger partial charge is 0.353 e. The monoisotopic (exact) mass is 393 g/mol. The number of fused-ring (bicyclic) bond motifs is 1. The second-order valence-corrected chi connectivity index (χ2v) is 7.58. The fourth-order valence-electron chi connectivity index (χ4n) is 3.74. The molecule has 1 aliphatic heterocycles. The van der Waals surface area contributed by atoms with Gasteiger partial charge >= 0.3 is 0 Å². The minimum Gasteiger partial charge on any atom is -0.353 e. The van der Waals surface area contributed by atoms with Gasteiger partial charge in [0.25, 0.3) is 5.91 Å². The summed E-state index contributed by atoms with van der Waals surface area (Å²) in [7, 11) is 0. The quantitative estimate of drug-likeness (QED) is 0.671. The predicted molar refractivity (Wildman–Crippen MR) is 96.8 cm³/mol. The number of carbonyl (C=O) groups excluding carboxylic acids is 2. The Morgan fingerprint density at radius 3 is 2.75 bits per heavy atom. The SMILES string of the molecule is O=C(NCCNC(=O)C1CC2CCCCC2N1)c1cccc(Br)c1. The molecule has 24 heavy (non-hydrogen) atoms. The van der Waals surface area contributed by atoms with Crippen molar-refractivity contribution in [2.75, 3.05) is 13.1 Å². The molecule has 1 saturated carbocycles. The van der Waals surface area contributed by atoms with Gasteiger partial charge in [0.15, 0.2) is 0 Å². The average molecular weight is 394 g/mol. The predicted octanol–water partition coefficient (Wildman–Crippen LogP) is 2.22. The molecule has 3 rings (SSSR count). The van der Waals surface area contributed by atoms with Crippen LogP contribution in [0.2, 0.25) is 0 Å². The summed E-state index contributed by atoms with van der Waals surface area (Å²) in [4.78, 5) is 24.3. The standard InChI is InChI=1S/C18H24BrN3O2/c19-14-6-3-5-13(10-14)17(23)20-8-9-21-18(24)16-11-12-4-1-2-7-15(12)22-16/h3,5-6,10,12,15-16,22H,1-2,4,7-9,11H2,(H,20,23)(H,21,24). The van der Waals surface area contributed by atoms with E-state index in [-0.39, 0.29) is 17.9 Å². The fraction of sp³-hybridized carbons (Fsp3) is 0.556. The molecule has 0 radical (unpaired) electrons. The number of hydrogen-bond acceptors (Lipinski definition) is 3. The van der Waals surface area contributed by atoms with E-state index in [1.807, 2.05) is 12.1 Å². The summed E-state index contributed by atoms with van der Waals surface area (Å²) in [5.41, 5.74) is 0.609. The molecule has 6 heteroatoms.